The summed E-state index contributed by atoms with van der Waals surface area (Å²) >= 11 is 0. The molecular formula is C18H24N2O3. The minimum absolute atomic E-state index is 0.00197. The summed E-state index contributed by atoms with van der Waals surface area (Å²) in [4.78, 5) is 28.7. The predicted octanol–water partition coefficient (Wildman–Crippen LogP) is 2.01. The summed E-state index contributed by atoms with van der Waals surface area (Å²) in [6.07, 6.45) is 2.05. The lowest BCUT2D eigenvalue weighted by molar-refractivity contribution is -0.134. The van der Waals surface area contributed by atoms with E-state index in [0.717, 1.165) is 24.0 Å². The van der Waals surface area contributed by atoms with Crippen molar-refractivity contribution in [2.45, 2.75) is 26.7 Å². The number of rotatable bonds is 3. The minimum Gasteiger partial charge on any atom is -0.496 e. The molecule has 1 aliphatic heterocycles. The van der Waals surface area contributed by atoms with Crippen LogP contribution in [0.5, 0.6) is 5.75 Å². The molecular weight excluding hydrogens is 292 g/mol. The summed E-state index contributed by atoms with van der Waals surface area (Å²) in [7, 11) is 1.59. The summed E-state index contributed by atoms with van der Waals surface area (Å²) in [6, 6.07) is 3.90. The van der Waals surface area contributed by atoms with E-state index >= 15 is 0 Å². The molecule has 1 aromatic carbocycles. The fraction of sp³-hybridized carbons (Fsp3) is 0.556. The minimum atomic E-state index is -0.00197. The molecule has 1 saturated heterocycles. The third-order valence-electron chi connectivity index (χ3n) is 4.68. The van der Waals surface area contributed by atoms with Gasteiger partial charge in [-0.1, -0.05) is 6.07 Å². The monoisotopic (exact) mass is 316 g/mol. The second-order valence-electron chi connectivity index (χ2n) is 6.55. The van der Waals surface area contributed by atoms with Crippen molar-refractivity contribution in [2.24, 2.45) is 5.92 Å². The quantitative estimate of drug-likeness (QED) is 0.857. The van der Waals surface area contributed by atoms with E-state index in [1.54, 1.807) is 7.11 Å². The maximum atomic E-state index is 12.9. The molecule has 124 valence electrons. The summed E-state index contributed by atoms with van der Waals surface area (Å²) in [6.45, 7) is 6.38. The third-order valence-corrected chi connectivity index (χ3v) is 4.68. The van der Waals surface area contributed by atoms with Crippen LogP contribution in [0.25, 0.3) is 0 Å². The number of aryl methyl sites for hydroxylation is 2. The van der Waals surface area contributed by atoms with Crippen LogP contribution in [0.15, 0.2) is 12.1 Å². The highest BCUT2D eigenvalue weighted by molar-refractivity contribution is 5.98. The molecule has 2 aliphatic rings. The van der Waals surface area contributed by atoms with Crippen molar-refractivity contribution in [2.75, 3.05) is 33.3 Å². The maximum absolute atomic E-state index is 12.9. The molecule has 2 fully saturated rings. The lowest BCUT2D eigenvalue weighted by atomic mass is 10.0. The highest BCUT2D eigenvalue weighted by atomic mass is 16.5. The van der Waals surface area contributed by atoms with Gasteiger partial charge in [0.15, 0.2) is 0 Å². The van der Waals surface area contributed by atoms with Crippen LogP contribution in [0.2, 0.25) is 0 Å². The zero-order valence-corrected chi connectivity index (χ0v) is 14.1. The molecule has 0 N–H and O–H groups in total. The highest BCUT2D eigenvalue weighted by Crippen LogP contribution is 2.31. The van der Waals surface area contributed by atoms with Crippen molar-refractivity contribution in [1.82, 2.24) is 9.80 Å². The Morgan fingerprint density at radius 3 is 2.22 bits per heavy atom. The van der Waals surface area contributed by atoms with E-state index in [0.29, 0.717) is 37.5 Å². The predicted molar refractivity (Wildman–Crippen MR) is 87.7 cm³/mol. The van der Waals surface area contributed by atoms with Crippen LogP contribution in [0.1, 0.15) is 34.3 Å². The molecule has 5 nitrogen and oxygen atoms in total. The number of benzene rings is 1. The lowest BCUT2D eigenvalue weighted by Crippen LogP contribution is -2.51. The van der Waals surface area contributed by atoms with Crippen molar-refractivity contribution in [3.63, 3.8) is 0 Å². The second kappa shape index (κ2) is 6.22. The molecule has 2 amide bonds. The standard InChI is InChI=1S/C18H24N2O3/c1-12-10-13(2)16(15(11-12)23-3)18(22)20-8-6-19(7-9-20)17(21)14-4-5-14/h10-11,14H,4-9H2,1-3H3. The average Bonchev–Trinajstić information content (AvgIpc) is 3.38. The van der Waals surface area contributed by atoms with Crippen LogP contribution in [0.3, 0.4) is 0 Å². The fourth-order valence-electron chi connectivity index (χ4n) is 3.24. The van der Waals surface area contributed by atoms with E-state index in [-0.39, 0.29) is 17.7 Å². The smallest absolute Gasteiger partial charge is 0.258 e. The van der Waals surface area contributed by atoms with Gasteiger partial charge < -0.3 is 14.5 Å². The molecule has 1 saturated carbocycles. The van der Waals surface area contributed by atoms with Gasteiger partial charge in [0, 0.05) is 32.1 Å². The first-order chi connectivity index (χ1) is 11.0. The Labute approximate surface area is 137 Å². The first-order valence-electron chi connectivity index (χ1n) is 8.24. The highest BCUT2D eigenvalue weighted by Gasteiger charge is 2.35. The normalized spacial score (nSPS) is 18.0. The van der Waals surface area contributed by atoms with Crippen LogP contribution in [-0.4, -0.2) is 54.9 Å². The van der Waals surface area contributed by atoms with Crippen LogP contribution < -0.4 is 4.74 Å². The number of ether oxygens (including phenoxy) is 1. The van der Waals surface area contributed by atoms with Gasteiger partial charge in [-0.3, -0.25) is 9.59 Å². The summed E-state index contributed by atoms with van der Waals surface area (Å²) in [5.41, 5.74) is 2.65. The Kier molecular flexibility index (Phi) is 4.28. The number of hydrogen-bond acceptors (Lipinski definition) is 3. The van der Waals surface area contributed by atoms with Crippen molar-refractivity contribution < 1.29 is 14.3 Å². The summed E-state index contributed by atoms with van der Waals surface area (Å²) in [5, 5.41) is 0. The SMILES string of the molecule is COc1cc(C)cc(C)c1C(=O)N1CCN(C(=O)C2CC2)CC1. The number of carbonyl (C=O) groups is 2. The molecule has 0 atom stereocenters. The molecule has 0 spiro atoms. The van der Waals surface area contributed by atoms with Gasteiger partial charge in [-0.05, 0) is 43.9 Å². The molecule has 0 aromatic heterocycles. The van der Waals surface area contributed by atoms with E-state index in [1.165, 1.54) is 0 Å². The van der Waals surface area contributed by atoms with E-state index in [4.69, 9.17) is 4.74 Å². The molecule has 1 aromatic rings. The van der Waals surface area contributed by atoms with E-state index in [2.05, 4.69) is 0 Å². The molecule has 1 heterocycles. The van der Waals surface area contributed by atoms with Crippen LogP contribution in [-0.2, 0) is 4.79 Å². The third kappa shape index (κ3) is 3.19. The first kappa shape index (κ1) is 15.8. The summed E-state index contributed by atoms with van der Waals surface area (Å²) in [5.74, 6) is 1.14. The van der Waals surface area contributed by atoms with Crippen LogP contribution in [0, 0.1) is 19.8 Å². The topological polar surface area (TPSA) is 49.9 Å². The van der Waals surface area contributed by atoms with Gasteiger partial charge in [0.1, 0.15) is 5.75 Å². The lowest BCUT2D eigenvalue weighted by Gasteiger charge is -2.35. The Balaban J connectivity index is 1.71. The van der Waals surface area contributed by atoms with Crippen molar-refractivity contribution in [1.29, 1.82) is 0 Å². The van der Waals surface area contributed by atoms with Gasteiger partial charge in [0.05, 0.1) is 12.7 Å². The van der Waals surface area contributed by atoms with Gasteiger partial charge in [-0.15, -0.1) is 0 Å². The van der Waals surface area contributed by atoms with Crippen molar-refractivity contribution in [3.05, 3.63) is 28.8 Å². The van der Waals surface area contributed by atoms with Gasteiger partial charge in [0.2, 0.25) is 5.91 Å². The Bertz CT molecular complexity index is 629. The largest absolute Gasteiger partial charge is 0.496 e. The van der Waals surface area contributed by atoms with Gasteiger partial charge in [0.25, 0.3) is 5.91 Å². The first-order valence-corrected chi connectivity index (χ1v) is 8.24. The fourth-order valence-corrected chi connectivity index (χ4v) is 3.24. The Morgan fingerprint density at radius 1 is 1.04 bits per heavy atom. The van der Waals surface area contributed by atoms with Crippen LogP contribution in [0.4, 0.5) is 0 Å². The molecule has 0 bridgehead atoms. The summed E-state index contributed by atoms with van der Waals surface area (Å²) < 4.78 is 5.41. The number of methoxy groups -OCH3 is 1. The zero-order valence-electron chi connectivity index (χ0n) is 14.1. The number of nitrogens with zero attached hydrogens (tertiary/aromatic N) is 2. The molecule has 0 radical (unpaired) electrons. The molecule has 23 heavy (non-hydrogen) atoms. The van der Waals surface area contributed by atoms with Gasteiger partial charge >= 0.3 is 0 Å². The van der Waals surface area contributed by atoms with E-state index < -0.39 is 0 Å². The van der Waals surface area contributed by atoms with Gasteiger partial charge in [-0.2, -0.15) is 0 Å². The molecule has 3 rings (SSSR count). The molecule has 0 unspecified atom stereocenters. The number of hydrogen-bond donors (Lipinski definition) is 0. The average molecular weight is 316 g/mol. The second-order valence-corrected chi connectivity index (χ2v) is 6.55. The van der Waals surface area contributed by atoms with Crippen molar-refractivity contribution >= 4 is 11.8 Å². The maximum Gasteiger partial charge on any atom is 0.258 e. The number of piperazine rings is 1. The number of amides is 2. The Morgan fingerprint density at radius 2 is 1.65 bits per heavy atom. The Hall–Kier alpha value is -2.04. The van der Waals surface area contributed by atoms with Crippen molar-refractivity contribution in [3.8, 4) is 5.75 Å². The van der Waals surface area contributed by atoms with E-state index in [9.17, 15) is 9.59 Å². The van der Waals surface area contributed by atoms with Crippen LogP contribution >= 0.6 is 0 Å². The number of carbonyl (C=O) groups excluding carboxylic acids is 2. The zero-order chi connectivity index (χ0) is 16.6. The molecule has 1 aliphatic carbocycles. The van der Waals surface area contributed by atoms with E-state index in [1.807, 2.05) is 35.8 Å². The van der Waals surface area contributed by atoms with Gasteiger partial charge in [-0.25, -0.2) is 0 Å². The molecule has 5 heteroatoms.